The first kappa shape index (κ1) is 21.5. The van der Waals surface area contributed by atoms with Gasteiger partial charge in [-0.2, -0.15) is 4.31 Å². The van der Waals surface area contributed by atoms with E-state index in [9.17, 15) is 13.2 Å². The molecule has 3 aromatic rings. The Morgan fingerprint density at radius 1 is 0.968 bits per heavy atom. The second-order valence-corrected chi connectivity index (χ2v) is 9.60. The summed E-state index contributed by atoms with van der Waals surface area (Å²) in [5, 5.41) is 4.09. The van der Waals surface area contributed by atoms with E-state index in [0.29, 0.717) is 51.4 Å². The van der Waals surface area contributed by atoms with E-state index >= 15 is 0 Å². The van der Waals surface area contributed by atoms with Crippen LogP contribution in [0.3, 0.4) is 0 Å². The number of morpholine rings is 1. The zero-order valence-corrected chi connectivity index (χ0v) is 18.2. The van der Waals surface area contributed by atoms with Crippen LogP contribution in [0.1, 0.15) is 17.5 Å². The largest absolute Gasteiger partial charge is 0.379 e. The van der Waals surface area contributed by atoms with Crippen molar-refractivity contribution in [3.8, 4) is 0 Å². The SMILES string of the molecule is O=C(CCn1ccc2ccccc21)NCc1ccccc1CS(=O)(=O)N1CCOCC1. The van der Waals surface area contributed by atoms with Crippen molar-refractivity contribution >= 4 is 26.8 Å². The monoisotopic (exact) mass is 441 g/mol. The fourth-order valence-corrected chi connectivity index (χ4v) is 5.39. The van der Waals surface area contributed by atoms with Gasteiger partial charge in [-0.05, 0) is 28.6 Å². The number of nitrogens with one attached hydrogen (secondary N) is 1. The normalized spacial score (nSPS) is 15.2. The number of nitrogens with zero attached hydrogens (tertiary/aromatic N) is 2. The zero-order chi connectivity index (χ0) is 21.7. The Morgan fingerprint density at radius 2 is 1.68 bits per heavy atom. The van der Waals surface area contributed by atoms with Gasteiger partial charge in [0.25, 0.3) is 0 Å². The third kappa shape index (κ3) is 5.33. The van der Waals surface area contributed by atoms with Gasteiger partial charge in [-0.25, -0.2) is 8.42 Å². The molecule has 0 spiro atoms. The number of hydrogen-bond acceptors (Lipinski definition) is 4. The summed E-state index contributed by atoms with van der Waals surface area (Å²) in [7, 11) is -3.42. The fraction of sp³-hybridized carbons (Fsp3) is 0.348. The van der Waals surface area contributed by atoms with E-state index in [1.165, 1.54) is 4.31 Å². The highest BCUT2D eigenvalue weighted by Gasteiger charge is 2.25. The number of aryl methyl sites for hydroxylation is 1. The summed E-state index contributed by atoms with van der Waals surface area (Å²) in [5.41, 5.74) is 2.64. The lowest BCUT2D eigenvalue weighted by molar-refractivity contribution is -0.121. The number of para-hydroxylation sites is 1. The van der Waals surface area contributed by atoms with Crippen LogP contribution in [0.25, 0.3) is 10.9 Å². The summed E-state index contributed by atoms with van der Waals surface area (Å²) in [6.07, 6.45) is 2.34. The molecule has 1 saturated heterocycles. The van der Waals surface area contributed by atoms with Crippen molar-refractivity contribution < 1.29 is 17.9 Å². The molecule has 1 N–H and O–H groups in total. The number of benzene rings is 2. The smallest absolute Gasteiger partial charge is 0.222 e. The average Bonchev–Trinajstić information content (AvgIpc) is 3.21. The second-order valence-electron chi connectivity index (χ2n) is 7.63. The highest BCUT2D eigenvalue weighted by molar-refractivity contribution is 7.88. The molecular formula is C23H27N3O4S. The number of hydrogen-bond donors (Lipinski definition) is 1. The molecule has 7 nitrogen and oxygen atoms in total. The highest BCUT2D eigenvalue weighted by atomic mass is 32.2. The van der Waals surface area contributed by atoms with Gasteiger partial charge in [0.15, 0.2) is 0 Å². The van der Waals surface area contributed by atoms with E-state index in [4.69, 9.17) is 4.74 Å². The molecule has 0 atom stereocenters. The van der Waals surface area contributed by atoms with Crippen LogP contribution in [0.5, 0.6) is 0 Å². The Hall–Kier alpha value is -2.68. The van der Waals surface area contributed by atoms with Gasteiger partial charge >= 0.3 is 0 Å². The molecule has 1 aliphatic rings. The topological polar surface area (TPSA) is 80.6 Å². The Balaban J connectivity index is 1.34. The number of aromatic nitrogens is 1. The van der Waals surface area contributed by atoms with Crippen molar-refractivity contribution in [2.24, 2.45) is 0 Å². The Bertz CT molecular complexity index is 1150. The molecular weight excluding hydrogens is 414 g/mol. The molecule has 1 aliphatic heterocycles. The second kappa shape index (κ2) is 9.64. The van der Waals surface area contributed by atoms with Crippen LogP contribution in [-0.2, 0) is 38.4 Å². The third-order valence-corrected chi connectivity index (χ3v) is 7.38. The number of amides is 1. The lowest BCUT2D eigenvalue weighted by atomic mass is 10.1. The summed E-state index contributed by atoms with van der Waals surface area (Å²) in [5.74, 6) is -0.141. The Kier molecular flexibility index (Phi) is 6.70. The Morgan fingerprint density at radius 3 is 2.48 bits per heavy atom. The maximum atomic E-state index is 12.8. The number of ether oxygens (including phenoxy) is 1. The van der Waals surface area contributed by atoms with Crippen molar-refractivity contribution in [3.05, 3.63) is 71.9 Å². The summed E-state index contributed by atoms with van der Waals surface area (Å²) < 4.78 is 34.3. The predicted molar refractivity (Wildman–Crippen MR) is 120 cm³/mol. The van der Waals surface area contributed by atoms with Crippen molar-refractivity contribution in [2.75, 3.05) is 26.3 Å². The van der Waals surface area contributed by atoms with Gasteiger partial charge in [0, 0.05) is 44.3 Å². The molecule has 31 heavy (non-hydrogen) atoms. The lowest BCUT2D eigenvalue weighted by Crippen LogP contribution is -2.41. The van der Waals surface area contributed by atoms with Crippen LogP contribution in [0.2, 0.25) is 0 Å². The first-order valence-electron chi connectivity index (χ1n) is 10.5. The van der Waals surface area contributed by atoms with E-state index in [0.717, 1.165) is 16.5 Å². The summed E-state index contributed by atoms with van der Waals surface area (Å²) in [6, 6.07) is 17.5. The molecule has 0 aliphatic carbocycles. The van der Waals surface area contributed by atoms with Crippen LogP contribution >= 0.6 is 0 Å². The summed E-state index contributed by atoms with van der Waals surface area (Å²) in [6.45, 7) is 2.51. The van der Waals surface area contributed by atoms with Crippen LogP contribution in [-0.4, -0.2) is 49.5 Å². The molecule has 164 valence electrons. The third-order valence-electron chi connectivity index (χ3n) is 5.56. The molecule has 2 aromatic carbocycles. The first-order valence-corrected chi connectivity index (χ1v) is 12.1. The minimum Gasteiger partial charge on any atom is -0.379 e. The van der Waals surface area contributed by atoms with Crippen LogP contribution in [0.15, 0.2) is 60.8 Å². The van der Waals surface area contributed by atoms with Gasteiger partial charge < -0.3 is 14.6 Å². The molecule has 1 fully saturated rings. The molecule has 0 saturated carbocycles. The molecule has 0 unspecified atom stereocenters. The van der Waals surface area contributed by atoms with Gasteiger partial charge in [-0.3, -0.25) is 4.79 Å². The molecule has 8 heteroatoms. The molecule has 1 amide bonds. The molecule has 2 heterocycles. The van der Waals surface area contributed by atoms with Gasteiger partial charge in [0.05, 0.1) is 19.0 Å². The molecule has 0 radical (unpaired) electrons. The van der Waals surface area contributed by atoms with E-state index in [-0.39, 0.29) is 11.7 Å². The van der Waals surface area contributed by atoms with Gasteiger partial charge in [0.2, 0.25) is 15.9 Å². The fourth-order valence-electron chi connectivity index (χ4n) is 3.82. The average molecular weight is 442 g/mol. The van der Waals surface area contributed by atoms with E-state index < -0.39 is 10.0 Å². The van der Waals surface area contributed by atoms with Crippen molar-refractivity contribution in [1.82, 2.24) is 14.2 Å². The van der Waals surface area contributed by atoms with Gasteiger partial charge in [-0.1, -0.05) is 42.5 Å². The van der Waals surface area contributed by atoms with Crippen LogP contribution in [0.4, 0.5) is 0 Å². The number of fused-ring (bicyclic) bond motifs is 1. The predicted octanol–water partition coefficient (Wildman–Crippen LogP) is 2.51. The van der Waals surface area contributed by atoms with Crippen LogP contribution in [0, 0.1) is 0 Å². The van der Waals surface area contributed by atoms with Crippen molar-refractivity contribution in [3.63, 3.8) is 0 Å². The van der Waals surface area contributed by atoms with E-state index in [1.807, 2.05) is 60.8 Å². The number of carbonyl (C=O) groups is 1. The van der Waals surface area contributed by atoms with Crippen molar-refractivity contribution in [1.29, 1.82) is 0 Å². The summed E-state index contributed by atoms with van der Waals surface area (Å²) in [4.78, 5) is 12.4. The highest BCUT2D eigenvalue weighted by Crippen LogP contribution is 2.17. The quantitative estimate of drug-likeness (QED) is 0.583. The van der Waals surface area contributed by atoms with Gasteiger partial charge in [-0.15, -0.1) is 0 Å². The number of sulfonamides is 1. The van der Waals surface area contributed by atoms with E-state index in [1.54, 1.807) is 0 Å². The summed E-state index contributed by atoms with van der Waals surface area (Å²) >= 11 is 0. The maximum absolute atomic E-state index is 12.8. The number of carbonyl (C=O) groups excluding carboxylic acids is 1. The Labute approximate surface area is 182 Å². The van der Waals surface area contributed by atoms with E-state index in [2.05, 4.69) is 9.88 Å². The number of rotatable bonds is 8. The van der Waals surface area contributed by atoms with Crippen molar-refractivity contribution in [2.45, 2.75) is 25.3 Å². The lowest BCUT2D eigenvalue weighted by Gasteiger charge is -2.26. The van der Waals surface area contributed by atoms with Crippen LogP contribution < -0.4 is 5.32 Å². The van der Waals surface area contributed by atoms with Gasteiger partial charge in [0.1, 0.15) is 0 Å². The molecule has 4 rings (SSSR count). The zero-order valence-electron chi connectivity index (χ0n) is 17.4. The molecule has 1 aromatic heterocycles. The maximum Gasteiger partial charge on any atom is 0.222 e. The first-order chi connectivity index (χ1) is 15.0. The standard InChI is InChI=1S/C23H27N3O4S/c27-23(10-12-25-11-9-19-5-3-4-8-22(19)25)24-17-20-6-1-2-7-21(20)18-31(28,29)26-13-15-30-16-14-26/h1-9,11H,10,12-18H2,(H,24,27). The minimum absolute atomic E-state index is 0.0661. The minimum atomic E-state index is -3.42. The molecule has 0 bridgehead atoms.